The molecule has 132 valence electrons. The molecule has 0 N–H and O–H groups in total. The number of methoxy groups -OCH3 is 1. The van der Waals surface area contributed by atoms with Gasteiger partial charge in [0, 0.05) is 12.8 Å². The highest BCUT2D eigenvalue weighted by atomic mass is 32.2. The van der Waals surface area contributed by atoms with E-state index in [4.69, 9.17) is 14.7 Å². The summed E-state index contributed by atoms with van der Waals surface area (Å²) in [6.07, 6.45) is 0. The number of aromatic nitrogens is 3. The Hall–Kier alpha value is -2.98. The first-order valence-corrected chi connectivity index (χ1v) is 9.00. The lowest BCUT2D eigenvalue weighted by Gasteiger charge is -2.08. The number of hydrogen-bond donors (Lipinski definition) is 0. The Kier molecular flexibility index (Phi) is 5.77. The monoisotopic (exact) mass is 366 g/mol. The van der Waals surface area contributed by atoms with Crippen molar-refractivity contribution >= 4 is 11.8 Å². The molecular weight excluding hydrogens is 348 g/mol. The maximum atomic E-state index is 8.79. The van der Waals surface area contributed by atoms with E-state index in [9.17, 15) is 0 Å². The van der Waals surface area contributed by atoms with Gasteiger partial charge >= 0.3 is 0 Å². The molecule has 0 amide bonds. The standard InChI is InChI=1S/C19H18N4O2S/c1-23-18(16-5-3-4-6-17(16)24-2)21-22-19(23)26-12-11-25-15-9-7-14(13-20)8-10-15/h3-10H,11-12H2,1-2H3. The molecule has 0 radical (unpaired) electrons. The van der Waals surface area contributed by atoms with Gasteiger partial charge in [-0.05, 0) is 36.4 Å². The van der Waals surface area contributed by atoms with Crippen molar-refractivity contribution in [2.45, 2.75) is 5.16 Å². The third-order valence-electron chi connectivity index (χ3n) is 3.75. The van der Waals surface area contributed by atoms with E-state index in [1.807, 2.05) is 35.9 Å². The van der Waals surface area contributed by atoms with Crippen LogP contribution >= 0.6 is 11.8 Å². The topological polar surface area (TPSA) is 73.0 Å². The normalized spacial score (nSPS) is 10.3. The highest BCUT2D eigenvalue weighted by molar-refractivity contribution is 7.99. The van der Waals surface area contributed by atoms with Crippen molar-refractivity contribution in [3.63, 3.8) is 0 Å². The van der Waals surface area contributed by atoms with Gasteiger partial charge in [-0.1, -0.05) is 23.9 Å². The fourth-order valence-corrected chi connectivity index (χ4v) is 3.15. The Morgan fingerprint density at radius 3 is 2.62 bits per heavy atom. The summed E-state index contributed by atoms with van der Waals surface area (Å²) in [5.41, 5.74) is 1.53. The molecule has 3 rings (SSSR count). The largest absolute Gasteiger partial charge is 0.496 e. The lowest BCUT2D eigenvalue weighted by atomic mass is 10.2. The average molecular weight is 366 g/mol. The summed E-state index contributed by atoms with van der Waals surface area (Å²) in [6.45, 7) is 0.535. The van der Waals surface area contributed by atoms with Crippen LogP contribution in [0.2, 0.25) is 0 Å². The van der Waals surface area contributed by atoms with Gasteiger partial charge < -0.3 is 14.0 Å². The minimum atomic E-state index is 0.535. The predicted octanol–water partition coefficient (Wildman–Crippen LogP) is 3.53. The Morgan fingerprint density at radius 1 is 1.12 bits per heavy atom. The molecule has 1 heterocycles. The molecule has 0 unspecified atom stereocenters. The number of thioether (sulfide) groups is 1. The molecule has 0 spiro atoms. The van der Waals surface area contributed by atoms with Crippen molar-refractivity contribution in [3.8, 4) is 29.0 Å². The van der Waals surface area contributed by atoms with Crippen LogP contribution in [-0.2, 0) is 7.05 Å². The van der Waals surface area contributed by atoms with Crippen molar-refractivity contribution < 1.29 is 9.47 Å². The summed E-state index contributed by atoms with van der Waals surface area (Å²) in [6, 6.07) is 16.9. The van der Waals surface area contributed by atoms with E-state index in [1.54, 1.807) is 43.1 Å². The van der Waals surface area contributed by atoms with Gasteiger partial charge in [0.05, 0.1) is 30.9 Å². The Morgan fingerprint density at radius 2 is 1.88 bits per heavy atom. The van der Waals surface area contributed by atoms with Gasteiger partial charge in [-0.25, -0.2) is 0 Å². The van der Waals surface area contributed by atoms with Gasteiger partial charge in [0.15, 0.2) is 11.0 Å². The average Bonchev–Trinajstić information content (AvgIpc) is 3.06. The quantitative estimate of drug-likeness (QED) is 0.470. The second-order valence-corrected chi connectivity index (χ2v) is 6.46. The second-order valence-electron chi connectivity index (χ2n) is 5.40. The van der Waals surface area contributed by atoms with Crippen LogP contribution in [0.1, 0.15) is 5.56 Å². The Balaban J connectivity index is 1.59. The zero-order chi connectivity index (χ0) is 18.4. The molecule has 3 aromatic rings. The molecule has 0 aliphatic heterocycles. The molecule has 0 aliphatic carbocycles. The van der Waals surface area contributed by atoms with Gasteiger partial charge in [0.1, 0.15) is 11.5 Å². The predicted molar refractivity (Wildman–Crippen MR) is 100 cm³/mol. The molecule has 6 nitrogen and oxygen atoms in total. The van der Waals surface area contributed by atoms with E-state index in [0.717, 1.165) is 33.8 Å². The molecule has 0 atom stereocenters. The summed E-state index contributed by atoms with van der Waals surface area (Å²) in [4.78, 5) is 0. The molecule has 1 aromatic heterocycles. The van der Waals surface area contributed by atoms with Crippen LogP contribution in [-0.4, -0.2) is 34.2 Å². The lowest BCUT2D eigenvalue weighted by Crippen LogP contribution is -2.02. The van der Waals surface area contributed by atoms with Crippen LogP contribution in [0.25, 0.3) is 11.4 Å². The first kappa shape index (κ1) is 17.8. The SMILES string of the molecule is COc1ccccc1-c1nnc(SCCOc2ccc(C#N)cc2)n1C. The number of nitrogens with zero attached hydrogens (tertiary/aromatic N) is 4. The highest BCUT2D eigenvalue weighted by Gasteiger charge is 2.14. The van der Waals surface area contributed by atoms with Gasteiger partial charge in [-0.2, -0.15) is 5.26 Å². The third kappa shape index (κ3) is 3.98. The van der Waals surface area contributed by atoms with E-state index in [2.05, 4.69) is 16.3 Å². The van der Waals surface area contributed by atoms with Crippen molar-refractivity contribution in [2.24, 2.45) is 7.05 Å². The molecule has 0 bridgehead atoms. The minimum absolute atomic E-state index is 0.535. The first-order chi connectivity index (χ1) is 12.7. The van der Waals surface area contributed by atoms with Crippen LogP contribution in [0.4, 0.5) is 0 Å². The zero-order valence-electron chi connectivity index (χ0n) is 14.5. The highest BCUT2D eigenvalue weighted by Crippen LogP contribution is 2.29. The van der Waals surface area contributed by atoms with Gasteiger partial charge in [0.2, 0.25) is 0 Å². The zero-order valence-corrected chi connectivity index (χ0v) is 15.4. The van der Waals surface area contributed by atoms with Crippen molar-refractivity contribution in [1.29, 1.82) is 5.26 Å². The van der Waals surface area contributed by atoms with Crippen molar-refractivity contribution in [1.82, 2.24) is 14.8 Å². The van der Waals surface area contributed by atoms with Crippen molar-refractivity contribution in [2.75, 3.05) is 19.5 Å². The smallest absolute Gasteiger partial charge is 0.191 e. The minimum Gasteiger partial charge on any atom is -0.496 e. The molecule has 2 aromatic carbocycles. The van der Waals surface area contributed by atoms with Crippen LogP contribution in [0.15, 0.2) is 53.7 Å². The molecular formula is C19H18N4O2S. The van der Waals surface area contributed by atoms with Crippen LogP contribution in [0, 0.1) is 11.3 Å². The number of para-hydroxylation sites is 1. The van der Waals surface area contributed by atoms with Gasteiger partial charge in [0.25, 0.3) is 0 Å². The van der Waals surface area contributed by atoms with E-state index in [1.165, 1.54) is 0 Å². The number of rotatable bonds is 7. The third-order valence-corrected chi connectivity index (χ3v) is 4.73. The molecule has 0 saturated heterocycles. The number of hydrogen-bond acceptors (Lipinski definition) is 6. The number of benzene rings is 2. The van der Waals surface area contributed by atoms with Gasteiger partial charge in [-0.3, -0.25) is 0 Å². The summed E-state index contributed by atoms with van der Waals surface area (Å²) < 4.78 is 13.0. The Labute approximate surface area is 156 Å². The van der Waals surface area contributed by atoms with E-state index in [-0.39, 0.29) is 0 Å². The summed E-state index contributed by atoms with van der Waals surface area (Å²) in [5.74, 6) is 3.01. The van der Waals surface area contributed by atoms with Crippen molar-refractivity contribution in [3.05, 3.63) is 54.1 Å². The maximum Gasteiger partial charge on any atom is 0.191 e. The Bertz CT molecular complexity index is 916. The lowest BCUT2D eigenvalue weighted by molar-refractivity contribution is 0.344. The summed E-state index contributed by atoms with van der Waals surface area (Å²) >= 11 is 1.57. The maximum absolute atomic E-state index is 8.79. The molecule has 0 fully saturated rings. The first-order valence-electron chi connectivity index (χ1n) is 8.01. The molecule has 0 saturated carbocycles. The molecule has 26 heavy (non-hydrogen) atoms. The summed E-state index contributed by atoms with van der Waals surface area (Å²) in [7, 11) is 3.58. The molecule has 0 aliphatic rings. The van der Waals surface area contributed by atoms with E-state index >= 15 is 0 Å². The van der Waals surface area contributed by atoms with Crippen LogP contribution < -0.4 is 9.47 Å². The summed E-state index contributed by atoms with van der Waals surface area (Å²) in [5, 5.41) is 18.2. The van der Waals surface area contributed by atoms with Crippen LogP contribution in [0.3, 0.4) is 0 Å². The van der Waals surface area contributed by atoms with Gasteiger partial charge in [-0.15, -0.1) is 10.2 Å². The fourth-order valence-electron chi connectivity index (χ4n) is 2.42. The second kappa shape index (κ2) is 8.41. The van der Waals surface area contributed by atoms with Crippen LogP contribution in [0.5, 0.6) is 11.5 Å². The van der Waals surface area contributed by atoms with E-state index < -0.39 is 0 Å². The number of ether oxygens (including phenoxy) is 2. The number of nitriles is 1. The van der Waals surface area contributed by atoms with E-state index in [0.29, 0.717) is 12.2 Å². The fraction of sp³-hybridized carbons (Fsp3) is 0.211. The molecule has 7 heteroatoms.